The Kier molecular flexibility index (Phi) is 5.86. The SMILES string of the molecule is CNc1nc(N2CCCCCC2)ccc1C(=N)C(=O)N[C@H]1CCNC1. The summed E-state index contributed by atoms with van der Waals surface area (Å²) in [6, 6.07) is 3.88. The minimum absolute atomic E-state index is 0.0360. The maximum atomic E-state index is 12.4. The summed E-state index contributed by atoms with van der Waals surface area (Å²) in [7, 11) is 1.78. The number of aromatic nitrogens is 1. The number of hydrogen-bond donors (Lipinski definition) is 4. The molecule has 3 heterocycles. The number of hydrogen-bond acceptors (Lipinski definition) is 6. The van der Waals surface area contributed by atoms with Gasteiger partial charge in [-0.25, -0.2) is 4.98 Å². The van der Waals surface area contributed by atoms with Gasteiger partial charge in [0.05, 0.1) is 0 Å². The van der Waals surface area contributed by atoms with Crippen LogP contribution < -0.4 is 20.9 Å². The number of pyridine rings is 1. The second-order valence-corrected chi connectivity index (χ2v) is 6.76. The lowest BCUT2D eigenvalue weighted by molar-refractivity contribution is -0.115. The van der Waals surface area contributed by atoms with Gasteiger partial charge < -0.3 is 20.9 Å². The molecule has 0 unspecified atom stereocenters. The molecule has 0 aliphatic carbocycles. The van der Waals surface area contributed by atoms with Crippen LogP contribution in [0.2, 0.25) is 0 Å². The maximum absolute atomic E-state index is 12.4. The van der Waals surface area contributed by atoms with Crippen molar-refractivity contribution < 1.29 is 4.79 Å². The number of rotatable bonds is 5. The molecule has 0 spiro atoms. The van der Waals surface area contributed by atoms with Crippen molar-refractivity contribution in [1.29, 1.82) is 5.41 Å². The molecular weight excluding hydrogens is 316 g/mol. The number of nitrogens with one attached hydrogen (secondary N) is 4. The summed E-state index contributed by atoms with van der Waals surface area (Å²) < 4.78 is 0. The Morgan fingerprint density at radius 3 is 2.68 bits per heavy atom. The van der Waals surface area contributed by atoms with Crippen molar-refractivity contribution >= 4 is 23.3 Å². The Morgan fingerprint density at radius 2 is 2.04 bits per heavy atom. The van der Waals surface area contributed by atoms with Gasteiger partial charge in [-0.05, 0) is 37.9 Å². The number of carbonyl (C=O) groups excluding carboxylic acids is 1. The highest BCUT2D eigenvalue weighted by atomic mass is 16.1. The monoisotopic (exact) mass is 344 g/mol. The van der Waals surface area contributed by atoms with Gasteiger partial charge in [0.2, 0.25) is 0 Å². The fraction of sp³-hybridized carbons (Fsp3) is 0.611. The molecule has 0 aromatic carbocycles. The van der Waals surface area contributed by atoms with Crippen LogP contribution in [0.5, 0.6) is 0 Å². The molecule has 25 heavy (non-hydrogen) atoms. The van der Waals surface area contributed by atoms with Crippen LogP contribution in [0.4, 0.5) is 11.6 Å². The highest BCUT2D eigenvalue weighted by Crippen LogP contribution is 2.22. The first-order valence-electron chi connectivity index (χ1n) is 9.23. The van der Waals surface area contributed by atoms with E-state index in [9.17, 15) is 4.79 Å². The van der Waals surface area contributed by atoms with Crippen LogP contribution in [0.15, 0.2) is 12.1 Å². The van der Waals surface area contributed by atoms with Gasteiger partial charge in [-0.2, -0.15) is 0 Å². The van der Waals surface area contributed by atoms with Crippen LogP contribution in [0.3, 0.4) is 0 Å². The van der Waals surface area contributed by atoms with Crippen LogP contribution in [0.1, 0.15) is 37.7 Å². The third-order valence-electron chi connectivity index (χ3n) is 4.94. The van der Waals surface area contributed by atoms with E-state index in [-0.39, 0.29) is 17.7 Å². The third kappa shape index (κ3) is 4.28. The topological polar surface area (TPSA) is 93.1 Å². The molecule has 1 atom stereocenters. The zero-order chi connectivity index (χ0) is 17.6. The zero-order valence-electron chi connectivity index (χ0n) is 14.9. The molecular formula is C18H28N6O. The Bertz CT molecular complexity index is 618. The average Bonchev–Trinajstić information content (AvgIpc) is 2.99. The van der Waals surface area contributed by atoms with E-state index in [0.717, 1.165) is 38.4 Å². The third-order valence-corrected chi connectivity index (χ3v) is 4.94. The summed E-state index contributed by atoms with van der Waals surface area (Å²) in [6.07, 6.45) is 5.82. The Balaban J connectivity index is 1.74. The number of carbonyl (C=O) groups is 1. The van der Waals surface area contributed by atoms with Gasteiger partial charge in [0.1, 0.15) is 17.3 Å². The normalized spacial score (nSPS) is 20.8. The smallest absolute Gasteiger partial charge is 0.270 e. The zero-order valence-corrected chi connectivity index (χ0v) is 14.9. The molecule has 7 heteroatoms. The van der Waals surface area contributed by atoms with E-state index < -0.39 is 0 Å². The predicted molar refractivity (Wildman–Crippen MR) is 101 cm³/mol. The molecule has 7 nitrogen and oxygen atoms in total. The molecule has 2 aliphatic rings. The van der Waals surface area contributed by atoms with Crippen molar-refractivity contribution in [2.24, 2.45) is 0 Å². The molecule has 3 rings (SSSR count). The summed E-state index contributed by atoms with van der Waals surface area (Å²) in [6.45, 7) is 3.71. The van der Waals surface area contributed by atoms with E-state index in [1.807, 2.05) is 12.1 Å². The minimum Gasteiger partial charge on any atom is -0.373 e. The van der Waals surface area contributed by atoms with Crippen LogP contribution in [-0.4, -0.2) is 55.9 Å². The first kappa shape index (κ1) is 17.7. The van der Waals surface area contributed by atoms with Gasteiger partial charge in [0, 0.05) is 38.3 Å². The van der Waals surface area contributed by atoms with E-state index in [1.54, 1.807) is 7.05 Å². The molecule has 0 bridgehead atoms. The highest BCUT2D eigenvalue weighted by Gasteiger charge is 2.22. The Morgan fingerprint density at radius 1 is 1.28 bits per heavy atom. The van der Waals surface area contributed by atoms with Crippen LogP contribution in [0, 0.1) is 5.41 Å². The molecule has 0 radical (unpaired) electrons. The number of nitrogens with zero attached hydrogens (tertiary/aromatic N) is 2. The van der Waals surface area contributed by atoms with E-state index in [4.69, 9.17) is 5.41 Å². The van der Waals surface area contributed by atoms with Crippen molar-refractivity contribution in [1.82, 2.24) is 15.6 Å². The molecule has 1 aromatic heterocycles. The summed E-state index contributed by atoms with van der Waals surface area (Å²) in [5.41, 5.74) is 0.510. The largest absolute Gasteiger partial charge is 0.373 e. The lowest BCUT2D eigenvalue weighted by atomic mass is 10.1. The molecule has 1 amide bonds. The molecule has 2 fully saturated rings. The fourth-order valence-corrected chi connectivity index (χ4v) is 3.47. The summed E-state index contributed by atoms with van der Waals surface area (Å²) in [5.74, 6) is 1.17. The standard InChI is InChI=1S/C18H28N6O/c1-20-17-14(16(19)18(25)22-13-8-9-21-12-13)6-7-15(23-17)24-10-4-2-3-5-11-24/h6-7,13,19,21H,2-5,8-12H2,1H3,(H,20,23)(H,22,25)/t13-/m0/s1. The van der Waals surface area contributed by atoms with Gasteiger partial charge in [-0.3, -0.25) is 10.2 Å². The van der Waals surface area contributed by atoms with Gasteiger partial charge in [-0.15, -0.1) is 0 Å². The van der Waals surface area contributed by atoms with Gasteiger partial charge in [0.15, 0.2) is 0 Å². The first-order valence-corrected chi connectivity index (χ1v) is 9.23. The highest BCUT2D eigenvalue weighted by molar-refractivity contribution is 6.45. The van der Waals surface area contributed by atoms with Crippen LogP contribution >= 0.6 is 0 Å². The maximum Gasteiger partial charge on any atom is 0.270 e. The van der Waals surface area contributed by atoms with Crippen molar-refractivity contribution in [3.63, 3.8) is 0 Å². The first-order chi connectivity index (χ1) is 12.2. The van der Waals surface area contributed by atoms with Crippen molar-refractivity contribution in [2.75, 3.05) is 43.4 Å². The molecule has 0 saturated carbocycles. The van der Waals surface area contributed by atoms with Crippen LogP contribution in [-0.2, 0) is 4.79 Å². The van der Waals surface area contributed by atoms with E-state index in [0.29, 0.717) is 11.4 Å². The minimum atomic E-state index is -0.338. The van der Waals surface area contributed by atoms with Gasteiger partial charge in [-0.1, -0.05) is 12.8 Å². The number of anilines is 2. The summed E-state index contributed by atoms with van der Waals surface area (Å²) >= 11 is 0. The van der Waals surface area contributed by atoms with Crippen molar-refractivity contribution in [3.8, 4) is 0 Å². The van der Waals surface area contributed by atoms with Crippen molar-refractivity contribution in [2.45, 2.75) is 38.1 Å². The fourth-order valence-electron chi connectivity index (χ4n) is 3.47. The summed E-state index contributed by atoms with van der Waals surface area (Å²) in [4.78, 5) is 19.3. The van der Waals surface area contributed by atoms with Crippen LogP contribution in [0.25, 0.3) is 0 Å². The molecule has 2 aliphatic heterocycles. The van der Waals surface area contributed by atoms with Gasteiger partial charge in [0.25, 0.3) is 5.91 Å². The molecule has 2 saturated heterocycles. The van der Waals surface area contributed by atoms with E-state index >= 15 is 0 Å². The van der Waals surface area contributed by atoms with Crippen molar-refractivity contribution in [3.05, 3.63) is 17.7 Å². The van der Waals surface area contributed by atoms with E-state index in [2.05, 4.69) is 25.8 Å². The quantitative estimate of drug-likeness (QED) is 0.605. The number of amides is 1. The molecule has 4 N–H and O–H groups in total. The average molecular weight is 344 g/mol. The predicted octanol–water partition coefficient (Wildman–Crippen LogP) is 1.35. The second kappa shape index (κ2) is 8.29. The lowest BCUT2D eigenvalue weighted by Crippen LogP contribution is -2.40. The molecule has 136 valence electrons. The second-order valence-electron chi connectivity index (χ2n) is 6.76. The van der Waals surface area contributed by atoms with E-state index in [1.165, 1.54) is 25.7 Å². The lowest BCUT2D eigenvalue weighted by Gasteiger charge is -2.23. The summed E-state index contributed by atoms with van der Waals surface area (Å²) in [5, 5.41) is 17.5. The van der Waals surface area contributed by atoms with Gasteiger partial charge >= 0.3 is 0 Å². The molecule has 1 aromatic rings. The Hall–Kier alpha value is -2.15. The Labute approximate surface area is 149 Å².